The van der Waals surface area contributed by atoms with Crippen LogP contribution in [0.3, 0.4) is 0 Å². The van der Waals surface area contributed by atoms with E-state index >= 15 is 0 Å². The second-order valence-electron chi connectivity index (χ2n) is 11.4. The van der Waals surface area contributed by atoms with Crippen molar-refractivity contribution in [2.75, 3.05) is 20.4 Å². The molecule has 3 atom stereocenters. The summed E-state index contributed by atoms with van der Waals surface area (Å²) >= 11 is 2.07. The molecule has 0 heterocycles. The van der Waals surface area contributed by atoms with Gasteiger partial charge in [0, 0.05) is 29.5 Å². The van der Waals surface area contributed by atoms with Crippen LogP contribution in [0.5, 0.6) is 0 Å². The standard InChI is InChI=1S/C29H38N3O5PS/c1-18(37-38(3,34)35)27(17-36-2)30-29(33)21-4-6-24(7-5-21)31-32-25-8-10-26(11-9-25)39-28-22-13-19-12-20(15-22)16-23(28)14-19/h4-11,18-20,22-23,27-28H,12-17H2,1-3H3,(H,30,33)(H,34,35)/b32-31+/t18-,19?,20?,22?,23?,27-,28?/m1/s1. The summed E-state index contributed by atoms with van der Waals surface area (Å²) in [6.07, 6.45) is 6.52. The Labute approximate surface area is 234 Å². The molecular formula is C29H38N3O5PS. The Morgan fingerprint density at radius 2 is 1.54 bits per heavy atom. The van der Waals surface area contributed by atoms with Gasteiger partial charge in [0.1, 0.15) is 0 Å². The topological polar surface area (TPSA) is 110 Å². The van der Waals surface area contributed by atoms with Crippen molar-refractivity contribution in [1.82, 2.24) is 5.32 Å². The molecule has 2 aromatic rings. The quantitative estimate of drug-likeness (QED) is 0.222. The van der Waals surface area contributed by atoms with Crippen LogP contribution < -0.4 is 5.32 Å². The fourth-order valence-electron chi connectivity index (χ4n) is 6.72. The third kappa shape index (κ3) is 7.39. The van der Waals surface area contributed by atoms with E-state index in [0.717, 1.165) is 41.3 Å². The zero-order valence-electron chi connectivity index (χ0n) is 22.7. The first-order valence-electron chi connectivity index (χ1n) is 13.7. The monoisotopic (exact) mass is 571 g/mol. The van der Waals surface area contributed by atoms with Crippen molar-refractivity contribution in [2.24, 2.45) is 33.9 Å². The van der Waals surface area contributed by atoms with E-state index in [2.05, 4.69) is 39.4 Å². The third-order valence-corrected chi connectivity index (χ3v) is 10.6. The fraction of sp³-hybridized carbons (Fsp3) is 0.552. The van der Waals surface area contributed by atoms with Crippen LogP contribution in [-0.2, 0) is 13.8 Å². The predicted octanol–water partition coefficient (Wildman–Crippen LogP) is 6.98. The van der Waals surface area contributed by atoms with Gasteiger partial charge in [-0.15, -0.1) is 11.8 Å². The van der Waals surface area contributed by atoms with Crippen molar-refractivity contribution in [2.45, 2.75) is 61.3 Å². The van der Waals surface area contributed by atoms with E-state index in [1.54, 1.807) is 31.2 Å². The molecule has 4 aliphatic carbocycles. The highest BCUT2D eigenvalue weighted by atomic mass is 32.2. The molecule has 210 valence electrons. The third-order valence-electron chi connectivity index (χ3n) is 8.25. The van der Waals surface area contributed by atoms with Crippen LogP contribution in [0.2, 0.25) is 0 Å². The molecule has 0 unspecified atom stereocenters. The number of benzene rings is 2. The van der Waals surface area contributed by atoms with Crippen LogP contribution in [0.25, 0.3) is 0 Å². The predicted molar refractivity (Wildman–Crippen MR) is 153 cm³/mol. The van der Waals surface area contributed by atoms with Crippen molar-refractivity contribution >= 4 is 36.6 Å². The van der Waals surface area contributed by atoms with Gasteiger partial charge in [-0.25, -0.2) is 0 Å². The average Bonchev–Trinajstić information content (AvgIpc) is 2.89. The first kappa shape index (κ1) is 28.5. The Kier molecular flexibility index (Phi) is 8.94. The SMILES string of the molecule is COC[C@@H](NC(=O)c1ccc(/N=N/c2ccc(SC3C4CC5CC(C4)CC3C5)cc2)cc1)[C@@H](C)O[P@](C)(=O)O. The van der Waals surface area contributed by atoms with E-state index < -0.39 is 19.7 Å². The minimum absolute atomic E-state index is 0.138. The van der Waals surface area contributed by atoms with E-state index in [0.29, 0.717) is 11.3 Å². The van der Waals surface area contributed by atoms with Gasteiger partial charge in [-0.2, -0.15) is 10.2 Å². The summed E-state index contributed by atoms with van der Waals surface area (Å²) in [7, 11) is -2.21. The Balaban J connectivity index is 1.14. The molecular weight excluding hydrogens is 533 g/mol. The van der Waals surface area contributed by atoms with Crippen LogP contribution in [0.1, 0.15) is 49.4 Å². The van der Waals surface area contributed by atoms with Crippen LogP contribution in [0.15, 0.2) is 63.7 Å². The number of hydrogen-bond donors (Lipinski definition) is 2. The van der Waals surface area contributed by atoms with Crippen LogP contribution >= 0.6 is 19.4 Å². The molecule has 0 spiro atoms. The van der Waals surface area contributed by atoms with E-state index in [1.165, 1.54) is 44.1 Å². The first-order chi connectivity index (χ1) is 18.7. The number of carbonyl (C=O) groups is 1. The first-order valence-corrected chi connectivity index (χ1v) is 16.6. The van der Waals surface area contributed by atoms with Crippen molar-refractivity contribution in [3.05, 3.63) is 54.1 Å². The molecule has 2 aromatic carbocycles. The second kappa shape index (κ2) is 12.2. The number of methoxy groups -OCH3 is 1. The maximum Gasteiger partial charge on any atom is 0.325 e. The van der Waals surface area contributed by atoms with Gasteiger partial charge in [0.15, 0.2) is 0 Å². The minimum Gasteiger partial charge on any atom is -0.382 e. The van der Waals surface area contributed by atoms with Gasteiger partial charge in [-0.3, -0.25) is 9.36 Å². The normalized spacial score (nSPS) is 28.8. The fourth-order valence-corrected chi connectivity index (χ4v) is 8.92. The average molecular weight is 572 g/mol. The molecule has 8 nitrogen and oxygen atoms in total. The molecule has 4 aliphatic rings. The summed E-state index contributed by atoms with van der Waals surface area (Å²) < 4.78 is 21.9. The molecule has 4 fully saturated rings. The zero-order valence-corrected chi connectivity index (χ0v) is 24.4. The molecule has 2 N–H and O–H groups in total. The molecule has 0 saturated heterocycles. The van der Waals surface area contributed by atoms with Crippen LogP contribution in [-0.4, -0.2) is 48.6 Å². The molecule has 0 aliphatic heterocycles. The van der Waals surface area contributed by atoms with E-state index in [1.807, 2.05) is 12.1 Å². The van der Waals surface area contributed by atoms with Crippen molar-refractivity contribution < 1.29 is 23.5 Å². The summed E-state index contributed by atoms with van der Waals surface area (Å²) in [6.45, 7) is 2.87. The van der Waals surface area contributed by atoms with Gasteiger partial charge in [0.05, 0.1) is 30.1 Å². The lowest BCUT2D eigenvalue weighted by molar-refractivity contribution is 0.0267. The molecule has 6 rings (SSSR count). The molecule has 4 bridgehead atoms. The molecule has 39 heavy (non-hydrogen) atoms. The van der Waals surface area contributed by atoms with E-state index in [9.17, 15) is 14.3 Å². The highest BCUT2D eigenvalue weighted by molar-refractivity contribution is 8.00. The van der Waals surface area contributed by atoms with Crippen LogP contribution in [0, 0.1) is 23.7 Å². The zero-order chi connectivity index (χ0) is 27.6. The van der Waals surface area contributed by atoms with Crippen molar-refractivity contribution in [1.29, 1.82) is 0 Å². The summed E-state index contributed by atoms with van der Waals surface area (Å²) in [5.74, 6) is 3.45. The molecule has 10 heteroatoms. The number of thioether (sulfide) groups is 1. The number of ether oxygens (including phenoxy) is 1. The lowest BCUT2D eigenvalue weighted by Gasteiger charge is -2.54. The van der Waals surface area contributed by atoms with Crippen LogP contribution in [0.4, 0.5) is 11.4 Å². The van der Waals surface area contributed by atoms with Gasteiger partial charge in [-0.1, -0.05) is 0 Å². The lowest BCUT2D eigenvalue weighted by Crippen LogP contribution is -2.46. The van der Waals surface area contributed by atoms with E-state index in [-0.39, 0.29) is 12.5 Å². The Bertz CT molecular complexity index is 1190. The summed E-state index contributed by atoms with van der Waals surface area (Å²) in [5.41, 5.74) is 1.85. The largest absolute Gasteiger partial charge is 0.382 e. The highest BCUT2D eigenvalue weighted by Crippen LogP contribution is 2.58. The number of rotatable bonds is 11. The number of nitrogens with one attached hydrogen (secondary N) is 1. The summed E-state index contributed by atoms with van der Waals surface area (Å²) in [4.78, 5) is 23.6. The second-order valence-corrected chi connectivity index (χ2v) is 14.5. The van der Waals surface area contributed by atoms with Gasteiger partial charge in [0.2, 0.25) is 0 Å². The Morgan fingerprint density at radius 3 is 2.05 bits per heavy atom. The molecule has 4 saturated carbocycles. The van der Waals surface area contributed by atoms with Gasteiger partial charge >= 0.3 is 7.60 Å². The lowest BCUT2D eigenvalue weighted by atomic mass is 9.56. The van der Waals surface area contributed by atoms with Gasteiger partial charge < -0.3 is 19.5 Å². The number of carbonyl (C=O) groups excluding carboxylic acids is 1. The maximum absolute atomic E-state index is 12.7. The van der Waals surface area contributed by atoms with Gasteiger partial charge in [0.25, 0.3) is 5.91 Å². The van der Waals surface area contributed by atoms with Crippen molar-refractivity contribution in [3.63, 3.8) is 0 Å². The minimum atomic E-state index is -3.70. The number of amides is 1. The smallest absolute Gasteiger partial charge is 0.325 e. The van der Waals surface area contributed by atoms with Gasteiger partial charge in [-0.05, 0) is 111 Å². The van der Waals surface area contributed by atoms with Crippen molar-refractivity contribution in [3.8, 4) is 0 Å². The highest BCUT2D eigenvalue weighted by Gasteiger charge is 2.48. The Hall–Kier alpha value is -2.03. The number of nitrogens with zero attached hydrogens (tertiary/aromatic N) is 2. The molecule has 0 aromatic heterocycles. The summed E-state index contributed by atoms with van der Waals surface area (Å²) in [6, 6.07) is 14.6. The summed E-state index contributed by atoms with van der Waals surface area (Å²) in [5, 5.41) is 12.3. The number of hydrogen-bond acceptors (Lipinski definition) is 7. The maximum atomic E-state index is 12.7. The molecule has 0 radical (unpaired) electrons. The molecule has 1 amide bonds. The van der Waals surface area contributed by atoms with E-state index in [4.69, 9.17) is 9.26 Å². The number of azo groups is 1. The Morgan fingerprint density at radius 1 is 1.00 bits per heavy atom.